The van der Waals surface area contributed by atoms with Crippen LogP contribution in [0.2, 0.25) is 0 Å². The third-order valence-corrected chi connectivity index (χ3v) is 2.80. The fourth-order valence-corrected chi connectivity index (χ4v) is 1.84. The van der Waals surface area contributed by atoms with Gasteiger partial charge in [-0.2, -0.15) is 0 Å². The second kappa shape index (κ2) is 7.04. The fraction of sp³-hybridized carbons (Fsp3) is 0.333. The summed E-state index contributed by atoms with van der Waals surface area (Å²) in [6.45, 7) is 7.08. The Balaban J connectivity index is 3.10. The molecule has 0 spiro atoms. The quantitative estimate of drug-likeness (QED) is 0.600. The van der Waals surface area contributed by atoms with Crippen LogP contribution < -0.4 is 0 Å². The SMILES string of the molecule is C=CCCc1ccc(CCC=C)c(C(F)F)c1F. The number of rotatable bonds is 7. The summed E-state index contributed by atoms with van der Waals surface area (Å²) in [7, 11) is 0. The van der Waals surface area contributed by atoms with Crippen LogP contribution in [0.25, 0.3) is 0 Å². The van der Waals surface area contributed by atoms with E-state index in [2.05, 4.69) is 13.2 Å². The molecule has 98 valence electrons. The van der Waals surface area contributed by atoms with E-state index in [1.54, 1.807) is 24.3 Å². The molecule has 0 amide bonds. The minimum absolute atomic E-state index is 0.326. The lowest BCUT2D eigenvalue weighted by atomic mass is 9.97. The molecule has 1 aromatic rings. The van der Waals surface area contributed by atoms with Gasteiger partial charge in [0.25, 0.3) is 6.43 Å². The van der Waals surface area contributed by atoms with Crippen molar-refractivity contribution in [2.24, 2.45) is 0 Å². The molecule has 0 nitrogen and oxygen atoms in total. The van der Waals surface area contributed by atoms with Crippen LogP contribution in [0.3, 0.4) is 0 Å². The number of alkyl halides is 2. The summed E-state index contributed by atoms with van der Waals surface area (Å²) in [6, 6.07) is 3.18. The van der Waals surface area contributed by atoms with Crippen molar-refractivity contribution >= 4 is 0 Å². The zero-order valence-corrected chi connectivity index (χ0v) is 10.3. The average Bonchev–Trinajstić information content (AvgIpc) is 2.34. The molecule has 0 aromatic heterocycles. The highest BCUT2D eigenvalue weighted by Gasteiger charge is 2.20. The molecule has 0 saturated heterocycles. The van der Waals surface area contributed by atoms with E-state index in [0.29, 0.717) is 36.8 Å². The molecule has 0 saturated carbocycles. The van der Waals surface area contributed by atoms with Gasteiger partial charge in [-0.15, -0.1) is 13.2 Å². The predicted molar refractivity (Wildman–Crippen MR) is 68.4 cm³/mol. The summed E-state index contributed by atoms with van der Waals surface area (Å²) in [5, 5.41) is 0. The van der Waals surface area contributed by atoms with E-state index in [1.807, 2.05) is 0 Å². The van der Waals surface area contributed by atoms with Gasteiger partial charge >= 0.3 is 0 Å². The largest absolute Gasteiger partial charge is 0.266 e. The molecule has 1 rings (SSSR count). The van der Waals surface area contributed by atoms with E-state index >= 15 is 0 Å². The molecule has 0 heterocycles. The molecule has 0 atom stereocenters. The summed E-state index contributed by atoms with van der Waals surface area (Å²) in [5.74, 6) is -0.770. The Morgan fingerprint density at radius 1 is 1.00 bits per heavy atom. The number of benzene rings is 1. The molecule has 18 heavy (non-hydrogen) atoms. The molecule has 0 fully saturated rings. The molecule has 0 bridgehead atoms. The van der Waals surface area contributed by atoms with Crippen molar-refractivity contribution in [1.29, 1.82) is 0 Å². The summed E-state index contributed by atoms with van der Waals surface area (Å²) in [6.07, 6.45) is 2.43. The second-order valence-electron chi connectivity index (χ2n) is 4.07. The van der Waals surface area contributed by atoms with Crippen LogP contribution in [0.5, 0.6) is 0 Å². The van der Waals surface area contributed by atoms with Crippen LogP contribution in [0.1, 0.15) is 36.0 Å². The third kappa shape index (κ3) is 3.49. The van der Waals surface area contributed by atoms with Gasteiger partial charge < -0.3 is 0 Å². The van der Waals surface area contributed by atoms with Crippen molar-refractivity contribution < 1.29 is 13.2 Å². The van der Waals surface area contributed by atoms with Crippen LogP contribution in [0.4, 0.5) is 13.2 Å². The van der Waals surface area contributed by atoms with Gasteiger partial charge in [0.15, 0.2) is 0 Å². The van der Waals surface area contributed by atoms with Crippen LogP contribution in [0, 0.1) is 5.82 Å². The van der Waals surface area contributed by atoms with Crippen molar-refractivity contribution in [3.8, 4) is 0 Å². The van der Waals surface area contributed by atoms with Gasteiger partial charge in [-0.25, -0.2) is 13.2 Å². The van der Waals surface area contributed by atoms with Gasteiger partial charge in [-0.1, -0.05) is 24.3 Å². The Morgan fingerprint density at radius 2 is 1.50 bits per heavy atom. The van der Waals surface area contributed by atoms with Gasteiger partial charge in [0.1, 0.15) is 5.82 Å². The molecule has 3 heteroatoms. The van der Waals surface area contributed by atoms with E-state index < -0.39 is 17.8 Å². The first-order chi connectivity index (χ1) is 8.61. The first-order valence-corrected chi connectivity index (χ1v) is 5.91. The second-order valence-corrected chi connectivity index (χ2v) is 4.07. The molecule has 1 aromatic carbocycles. The summed E-state index contributed by atoms with van der Waals surface area (Å²) in [4.78, 5) is 0. The normalized spacial score (nSPS) is 10.7. The highest BCUT2D eigenvalue weighted by atomic mass is 19.3. The number of aryl methyl sites for hydroxylation is 2. The van der Waals surface area contributed by atoms with Gasteiger partial charge in [0, 0.05) is 0 Å². The number of halogens is 3. The average molecular weight is 254 g/mol. The van der Waals surface area contributed by atoms with Crippen LogP contribution in [-0.4, -0.2) is 0 Å². The van der Waals surface area contributed by atoms with Gasteiger partial charge in [0.05, 0.1) is 5.56 Å². The number of hydrogen-bond acceptors (Lipinski definition) is 0. The lowest BCUT2D eigenvalue weighted by molar-refractivity contribution is 0.145. The van der Waals surface area contributed by atoms with E-state index in [4.69, 9.17) is 0 Å². The Hall–Kier alpha value is -1.51. The minimum Gasteiger partial charge on any atom is -0.206 e. The van der Waals surface area contributed by atoms with Crippen molar-refractivity contribution in [3.05, 3.63) is 60.0 Å². The Labute approximate surface area is 106 Å². The monoisotopic (exact) mass is 254 g/mol. The van der Waals surface area contributed by atoms with E-state index in [1.165, 1.54) is 0 Å². The molecule has 0 aliphatic carbocycles. The maximum absolute atomic E-state index is 14.0. The lowest BCUT2D eigenvalue weighted by Crippen LogP contribution is -2.03. The van der Waals surface area contributed by atoms with E-state index in [0.717, 1.165) is 0 Å². The molecular weight excluding hydrogens is 237 g/mol. The molecule has 0 unspecified atom stereocenters. The highest BCUT2D eigenvalue weighted by Crippen LogP contribution is 2.29. The van der Waals surface area contributed by atoms with Gasteiger partial charge in [-0.3, -0.25) is 0 Å². The smallest absolute Gasteiger partial charge is 0.206 e. The molecule has 0 radical (unpaired) electrons. The van der Waals surface area contributed by atoms with Crippen LogP contribution >= 0.6 is 0 Å². The van der Waals surface area contributed by atoms with Crippen molar-refractivity contribution in [3.63, 3.8) is 0 Å². The minimum atomic E-state index is -2.78. The van der Waals surface area contributed by atoms with Crippen molar-refractivity contribution in [2.45, 2.75) is 32.1 Å². The first kappa shape index (κ1) is 14.6. The van der Waals surface area contributed by atoms with Crippen molar-refractivity contribution in [1.82, 2.24) is 0 Å². The van der Waals surface area contributed by atoms with E-state index in [9.17, 15) is 13.2 Å². The van der Waals surface area contributed by atoms with Crippen LogP contribution in [-0.2, 0) is 12.8 Å². The Morgan fingerprint density at radius 3 is 2.00 bits per heavy atom. The molecular formula is C15H17F3. The topological polar surface area (TPSA) is 0 Å². The van der Waals surface area contributed by atoms with Crippen molar-refractivity contribution in [2.75, 3.05) is 0 Å². The fourth-order valence-electron chi connectivity index (χ4n) is 1.84. The summed E-state index contributed by atoms with van der Waals surface area (Å²) < 4.78 is 39.9. The summed E-state index contributed by atoms with van der Waals surface area (Å²) in [5.41, 5.74) is 0.232. The molecule has 0 aliphatic rings. The third-order valence-electron chi connectivity index (χ3n) is 2.80. The molecule has 0 aliphatic heterocycles. The van der Waals surface area contributed by atoms with E-state index in [-0.39, 0.29) is 0 Å². The Kier molecular flexibility index (Phi) is 5.69. The first-order valence-electron chi connectivity index (χ1n) is 5.91. The zero-order valence-electron chi connectivity index (χ0n) is 10.3. The van der Waals surface area contributed by atoms with Gasteiger partial charge in [0.2, 0.25) is 0 Å². The Bertz CT molecular complexity index is 422. The maximum atomic E-state index is 14.0. The number of hydrogen-bond donors (Lipinski definition) is 0. The zero-order chi connectivity index (χ0) is 13.5. The molecule has 0 N–H and O–H groups in total. The van der Waals surface area contributed by atoms with Crippen LogP contribution in [0.15, 0.2) is 37.4 Å². The highest BCUT2D eigenvalue weighted by molar-refractivity contribution is 5.35. The van der Waals surface area contributed by atoms with Gasteiger partial charge in [-0.05, 0) is 36.8 Å². The summed E-state index contributed by atoms with van der Waals surface area (Å²) >= 11 is 0. The lowest BCUT2D eigenvalue weighted by Gasteiger charge is -2.12. The standard InChI is InChI=1S/C15H17F3/c1-3-5-7-11-9-10-12(8-6-4-2)14(16)13(11)15(17)18/h3-4,9-10,15H,1-2,5-8H2. The maximum Gasteiger partial charge on any atom is 0.266 e. The number of allylic oxidation sites excluding steroid dienone is 2. The predicted octanol–water partition coefficient (Wildman–Crippen LogP) is 5.00.